The van der Waals surface area contributed by atoms with Gasteiger partial charge in [0.25, 0.3) is 0 Å². The fourth-order valence-corrected chi connectivity index (χ4v) is 3.25. The van der Waals surface area contributed by atoms with Crippen molar-refractivity contribution in [1.29, 1.82) is 0 Å². The zero-order valence-electron chi connectivity index (χ0n) is 18.5. The summed E-state index contributed by atoms with van der Waals surface area (Å²) >= 11 is 0. The van der Waals surface area contributed by atoms with E-state index in [9.17, 15) is 18.0 Å². The molecule has 0 bridgehead atoms. The highest BCUT2D eigenvalue weighted by atomic mass is 127. The number of hydrogen-bond acceptors (Lipinski definition) is 3. The number of aliphatic imine (C=N–C) groups is 1. The summed E-state index contributed by atoms with van der Waals surface area (Å²) in [5.74, 6) is 0.595. The Balaban J connectivity index is 0.00000480. The predicted octanol–water partition coefficient (Wildman–Crippen LogP) is 3.93. The van der Waals surface area contributed by atoms with E-state index in [1.54, 1.807) is 7.05 Å². The monoisotopic (exact) mass is 555 g/mol. The second-order valence-electron chi connectivity index (χ2n) is 7.64. The van der Waals surface area contributed by atoms with Crippen molar-refractivity contribution in [3.05, 3.63) is 29.8 Å². The van der Waals surface area contributed by atoms with Crippen molar-refractivity contribution in [2.24, 2.45) is 10.9 Å². The molecule has 1 aromatic rings. The Morgan fingerprint density at radius 3 is 2.39 bits per heavy atom. The molecule has 1 aliphatic heterocycles. The van der Waals surface area contributed by atoms with Gasteiger partial charge in [-0.15, -0.1) is 24.0 Å². The molecule has 2 N–H and O–H groups in total. The average molecular weight is 555 g/mol. The smallest absolute Gasteiger partial charge is 0.352 e. The molecule has 0 saturated carbocycles. The number of amides is 1. The molecule has 0 aliphatic carbocycles. The Hall–Kier alpha value is -1.56. The van der Waals surface area contributed by atoms with Crippen molar-refractivity contribution in [3.8, 4) is 0 Å². The van der Waals surface area contributed by atoms with Crippen molar-refractivity contribution < 1.29 is 18.0 Å². The van der Waals surface area contributed by atoms with E-state index in [2.05, 4.69) is 15.6 Å². The Morgan fingerprint density at radius 2 is 1.84 bits per heavy atom. The van der Waals surface area contributed by atoms with Crippen LogP contribution in [0.1, 0.15) is 32.8 Å². The van der Waals surface area contributed by atoms with Crippen LogP contribution in [0.2, 0.25) is 0 Å². The van der Waals surface area contributed by atoms with Crippen LogP contribution in [0.25, 0.3) is 0 Å². The first-order valence-electron chi connectivity index (χ1n) is 10.3. The molecule has 0 aromatic heterocycles. The molecule has 1 heterocycles. The number of carbonyl (C=O) groups is 1. The van der Waals surface area contributed by atoms with Gasteiger partial charge >= 0.3 is 6.18 Å². The van der Waals surface area contributed by atoms with E-state index >= 15 is 0 Å². The third-order valence-corrected chi connectivity index (χ3v) is 5.55. The quantitative estimate of drug-likeness (QED) is 0.318. The van der Waals surface area contributed by atoms with Crippen molar-refractivity contribution in [1.82, 2.24) is 15.1 Å². The molecule has 31 heavy (non-hydrogen) atoms. The van der Waals surface area contributed by atoms with Gasteiger partial charge in [0.2, 0.25) is 5.91 Å². The predicted molar refractivity (Wildman–Crippen MR) is 129 cm³/mol. The van der Waals surface area contributed by atoms with E-state index in [4.69, 9.17) is 0 Å². The van der Waals surface area contributed by atoms with Gasteiger partial charge in [0.15, 0.2) is 5.96 Å². The van der Waals surface area contributed by atoms with Crippen LogP contribution in [-0.4, -0.2) is 67.1 Å². The maximum atomic E-state index is 12.9. The van der Waals surface area contributed by atoms with Crippen LogP contribution in [0.15, 0.2) is 29.3 Å². The maximum Gasteiger partial charge on any atom is 0.403 e. The maximum absolute atomic E-state index is 12.9. The minimum Gasteiger partial charge on any atom is -0.352 e. The van der Waals surface area contributed by atoms with Crippen molar-refractivity contribution in [2.45, 2.75) is 46.0 Å². The number of hydrogen-bond donors (Lipinski definition) is 2. The first-order valence-corrected chi connectivity index (χ1v) is 10.3. The van der Waals surface area contributed by atoms with Crippen LogP contribution in [0.5, 0.6) is 0 Å². The fourth-order valence-electron chi connectivity index (χ4n) is 3.25. The summed E-state index contributed by atoms with van der Waals surface area (Å²) in [5, 5.41) is 6.19. The minimum absolute atomic E-state index is 0. The molecule has 2 unspecified atom stereocenters. The first kappa shape index (κ1) is 27.5. The zero-order valence-corrected chi connectivity index (χ0v) is 20.8. The minimum atomic E-state index is -4.21. The van der Waals surface area contributed by atoms with Gasteiger partial charge in [-0.3, -0.25) is 14.7 Å². The summed E-state index contributed by atoms with van der Waals surface area (Å²) in [4.78, 5) is 19.8. The molecule has 1 saturated heterocycles. The second kappa shape index (κ2) is 12.5. The molecule has 0 spiro atoms. The number of rotatable bonds is 6. The highest BCUT2D eigenvalue weighted by Crippen LogP contribution is 2.25. The molecular formula is C21H33F3IN5O. The van der Waals surface area contributed by atoms with Crippen LogP contribution in [0.4, 0.5) is 18.9 Å². The molecule has 1 aliphatic rings. The molecule has 1 fully saturated rings. The third-order valence-electron chi connectivity index (χ3n) is 5.55. The molecular weight excluding hydrogens is 522 g/mol. The number of guanidine groups is 1. The second-order valence-corrected chi connectivity index (χ2v) is 7.64. The molecule has 0 radical (unpaired) electrons. The molecule has 1 aromatic carbocycles. The lowest BCUT2D eigenvalue weighted by molar-refractivity contribution is -0.181. The lowest BCUT2D eigenvalue weighted by Crippen LogP contribution is -2.56. The third kappa shape index (κ3) is 8.13. The summed E-state index contributed by atoms with van der Waals surface area (Å²) in [6.07, 6.45) is -3.43. The lowest BCUT2D eigenvalue weighted by Gasteiger charge is -2.39. The van der Waals surface area contributed by atoms with E-state index < -0.39 is 12.2 Å². The van der Waals surface area contributed by atoms with Crippen LogP contribution < -0.4 is 10.6 Å². The molecule has 2 atom stereocenters. The average Bonchev–Trinajstić information content (AvgIpc) is 2.73. The van der Waals surface area contributed by atoms with E-state index in [0.717, 1.165) is 17.7 Å². The number of nitrogens with one attached hydrogen (secondary N) is 2. The summed E-state index contributed by atoms with van der Waals surface area (Å²) in [6, 6.07) is 6.14. The molecule has 6 nitrogen and oxygen atoms in total. The van der Waals surface area contributed by atoms with Crippen LogP contribution in [0.3, 0.4) is 0 Å². The number of carbonyl (C=O) groups excluding carboxylic acids is 1. The van der Waals surface area contributed by atoms with Crippen LogP contribution >= 0.6 is 24.0 Å². The Kier molecular flexibility index (Phi) is 11.1. The van der Waals surface area contributed by atoms with E-state index in [1.807, 2.05) is 43.0 Å². The summed E-state index contributed by atoms with van der Waals surface area (Å²) < 4.78 is 38.8. The van der Waals surface area contributed by atoms with Gasteiger partial charge in [-0.1, -0.05) is 26.0 Å². The fraction of sp³-hybridized carbons (Fsp3) is 0.619. The normalized spacial score (nSPS) is 17.5. The number of nitrogens with zero attached hydrogens (tertiary/aromatic N) is 3. The lowest BCUT2D eigenvalue weighted by atomic mass is 10.1. The highest BCUT2D eigenvalue weighted by molar-refractivity contribution is 14.0. The molecule has 2 rings (SSSR count). The van der Waals surface area contributed by atoms with E-state index in [1.165, 1.54) is 11.8 Å². The SMILES string of the molecule is CCC(C)C(=O)Nc1cccc(CNC(=NC)N2CCN(C(C)C(F)(F)F)CC2)c1.I. The van der Waals surface area contributed by atoms with Crippen LogP contribution in [0, 0.1) is 5.92 Å². The molecule has 176 valence electrons. The van der Waals surface area contributed by atoms with Gasteiger partial charge < -0.3 is 15.5 Å². The summed E-state index contributed by atoms with van der Waals surface area (Å²) in [6.45, 7) is 7.18. The summed E-state index contributed by atoms with van der Waals surface area (Å²) in [5.41, 5.74) is 1.71. The van der Waals surface area contributed by atoms with Crippen LogP contribution in [-0.2, 0) is 11.3 Å². The van der Waals surface area contributed by atoms with E-state index in [-0.39, 0.29) is 35.8 Å². The highest BCUT2D eigenvalue weighted by Gasteiger charge is 2.41. The standard InChI is InChI=1S/C21H32F3N5O.HI/c1-5-15(2)19(30)27-18-8-6-7-17(13-18)14-26-20(25-4)29-11-9-28(10-12-29)16(3)21(22,23)24;/h6-8,13,15-16H,5,9-12,14H2,1-4H3,(H,25,26)(H,27,30);1H. The van der Waals surface area contributed by atoms with Gasteiger partial charge in [-0.2, -0.15) is 13.2 Å². The topological polar surface area (TPSA) is 60.0 Å². The Morgan fingerprint density at radius 1 is 1.19 bits per heavy atom. The van der Waals surface area contributed by atoms with Gasteiger partial charge in [0.1, 0.15) is 6.04 Å². The number of anilines is 1. The zero-order chi connectivity index (χ0) is 22.3. The largest absolute Gasteiger partial charge is 0.403 e. The molecule has 10 heteroatoms. The Bertz CT molecular complexity index is 736. The number of piperazine rings is 1. The van der Waals surface area contributed by atoms with Gasteiger partial charge in [0.05, 0.1) is 0 Å². The van der Waals surface area contributed by atoms with Gasteiger partial charge in [-0.05, 0) is 31.0 Å². The molecule has 1 amide bonds. The first-order chi connectivity index (χ1) is 14.2. The van der Waals surface area contributed by atoms with Gasteiger partial charge in [0, 0.05) is 51.4 Å². The summed E-state index contributed by atoms with van der Waals surface area (Å²) in [7, 11) is 1.66. The van der Waals surface area contributed by atoms with Crippen molar-refractivity contribution in [2.75, 3.05) is 38.5 Å². The van der Waals surface area contributed by atoms with Crippen molar-refractivity contribution >= 4 is 41.5 Å². The van der Waals surface area contributed by atoms with Crippen molar-refractivity contribution in [3.63, 3.8) is 0 Å². The number of halogens is 4. The number of benzene rings is 1. The number of alkyl halides is 3. The van der Waals surface area contributed by atoms with E-state index in [0.29, 0.717) is 38.7 Å². The Labute approximate surface area is 199 Å². The van der Waals surface area contributed by atoms with Gasteiger partial charge in [-0.25, -0.2) is 0 Å².